The highest BCUT2D eigenvalue weighted by molar-refractivity contribution is 5.98. The second kappa shape index (κ2) is 3.86. The minimum atomic E-state index is -1.08. The maximum absolute atomic E-state index is 11.8. The molecular weight excluding hydrogens is 236 g/mol. The van der Waals surface area contributed by atoms with Crippen LogP contribution in [0.1, 0.15) is 18.9 Å². The van der Waals surface area contributed by atoms with E-state index < -0.39 is 11.6 Å². The zero-order chi connectivity index (χ0) is 13.5. The van der Waals surface area contributed by atoms with Gasteiger partial charge >= 0.3 is 6.09 Å². The van der Waals surface area contributed by atoms with Crippen molar-refractivity contribution < 1.29 is 14.7 Å². The van der Waals surface area contributed by atoms with Crippen molar-refractivity contribution in [2.24, 2.45) is 0 Å². The molecule has 1 unspecified atom stereocenters. The lowest BCUT2D eigenvalue weighted by Crippen LogP contribution is -2.58. The fourth-order valence-corrected chi connectivity index (χ4v) is 1.95. The molecule has 1 amide bonds. The van der Waals surface area contributed by atoms with E-state index >= 15 is 0 Å². The molecule has 7 heteroatoms. The molecule has 96 valence electrons. The van der Waals surface area contributed by atoms with Crippen LogP contribution in [0.5, 0.6) is 0 Å². The van der Waals surface area contributed by atoms with Crippen LogP contribution < -0.4 is 5.32 Å². The van der Waals surface area contributed by atoms with Gasteiger partial charge in [-0.3, -0.25) is 19.7 Å². The molecule has 2 rings (SSSR count). The van der Waals surface area contributed by atoms with Gasteiger partial charge in [0.15, 0.2) is 5.96 Å². The molecule has 0 saturated carbocycles. The highest BCUT2D eigenvalue weighted by Gasteiger charge is 2.38. The Labute approximate surface area is 104 Å². The number of hydrogen-bond donors (Lipinski definition) is 3. The van der Waals surface area contributed by atoms with Crippen LogP contribution in [0.4, 0.5) is 4.79 Å². The number of amides is 1. The number of hydrogen-bond acceptors (Lipinski definition) is 3. The number of guanidine groups is 1. The van der Waals surface area contributed by atoms with Gasteiger partial charge in [0.1, 0.15) is 0 Å². The van der Waals surface area contributed by atoms with E-state index in [1.807, 2.05) is 0 Å². The van der Waals surface area contributed by atoms with Crippen LogP contribution in [0.2, 0.25) is 0 Å². The molecule has 1 aromatic heterocycles. The first-order valence-corrected chi connectivity index (χ1v) is 5.38. The number of aromatic nitrogens is 1. The fourth-order valence-electron chi connectivity index (χ4n) is 1.95. The normalized spacial score (nSPS) is 24.0. The topological polar surface area (TPSA) is 98.4 Å². The third kappa shape index (κ3) is 1.83. The van der Waals surface area contributed by atoms with Gasteiger partial charge < -0.3 is 10.4 Å². The SMILES string of the molecule is CN1C(=N)NC(C)(c2ccn(C(=O)O)c2)CC1=O. The van der Waals surface area contributed by atoms with Crippen molar-refractivity contribution in [3.05, 3.63) is 24.0 Å². The molecule has 1 saturated heterocycles. The van der Waals surface area contributed by atoms with Gasteiger partial charge in [0.25, 0.3) is 0 Å². The second-order valence-corrected chi connectivity index (χ2v) is 4.53. The second-order valence-electron chi connectivity index (χ2n) is 4.53. The number of rotatable bonds is 1. The quantitative estimate of drug-likeness (QED) is 0.680. The predicted octanol–water partition coefficient (Wildman–Crippen LogP) is 0.616. The Morgan fingerprint density at radius 3 is 2.78 bits per heavy atom. The van der Waals surface area contributed by atoms with Gasteiger partial charge in [0.05, 0.1) is 12.0 Å². The molecule has 1 aliphatic heterocycles. The van der Waals surface area contributed by atoms with Gasteiger partial charge in [0, 0.05) is 19.4 Å². The molecule has 0 aromatic carbocycles. The Hall–Kier alpha value is -2.31. The smallest absolute Gasteiger partial charge is 0.415 e. The predicted molar refractivity (Wildman–Crippen MR) is 63.5 cm³/mol. The summed E-state index contributed by atoms with van der Waals surface area (Å²) >= 11 is 0. The summed E-state index contributed by atoms with van der Waals surface area (Å²) in [6.45, 7) is 1.77. The van der Waals surface area contributed by atoms with Gasteiger partial charge in [-0.2, -0.15) is 0 Å². The lowest BCUT2D eigenvalue weighted by Gasteiger charge is -2.38. The summed E-state index contributed by atoms with van der Waals surface area (Å²) in [4.78, 5) is 23.8. The number of carboxylic acid groups (broad SMARTS) is 1. The Balaban J connectivity index is 2.33. The van der Waals surface area contributed by atoms with E-state index in [1.54, 1.807) is 13.0 Å². The molecule has 0 spiro atoms. The lowest BCUT2D eigenvalue weighted by molar-refractivity contribution is -0.129. The van der Waals surface area contributed by atoms with Gasteiger partial charge in [0.2, 0.25) is 5.91 Å². The summed E-state index contributed by atoms with van der Waals surface area (Å²) in [5.41, 5.74) is -0.0856. The maximum Gasteiger partial charge on any atom is 0.415 e. The van der Waals surface area contributed by atoms with E-state index in [-0.39, 0.29) is 18.3 Å². The van der Waals surface area contributed by atoms with Crippen LogP contribution in [0.3, 0.4) is 0 Å². The Kier molecular flexibility index (Phi) is 2.61. The summed E-state index contributed by atoms with van der Waals surface area (Å²) in [6, 6.07) is 1.63. The zero-order valence-electron chi connectivity index (χ0n) is 10.1. The zero-order valence-corrected chi connectivity index (χ0v) is 10.1. The minimum absolute atomic E-state index is 0.0109. The van der Waals surface area contributed by atoms with Crippen molar-refractivity contribution in [2.45, 2.75) is 18.9 Å². The molecule has 3 N–H and O–H groups in total. The van der Waals surface area contributed by atoms with Crippen LogP contribution in [0.15, 0.2) is 18.5 Å². The Bertz CT molecular complexity index is 516. The van der Waals surface area contributed by atoms with Gasteiger partial charge in [-0.05, 0) is 18.6 Å². The van der Waals surface area contributed by atoms with Crippen molar-refractivity contribution >= 4 is 18.0 Å². The largest absolute Gasteiger partial charge is 0.464 e. The monoisotopic (exact) mass is 250 g/mol. The lowest BCUT2D eigenvalue weighted by atomic mass is 9.88. The van der Waals surface area contributed by atoms with Gasteiger partial charge in [-0.1, -0.05) is 0 Å². The van der Waals surface area contributed by atoms with Gasteiger partial charge in [-0.25, -0.2) is 4.79 Å². The third-order valence-electron chi connectivity index (χ3n) is 3.16. The van der Waals surface area contributed by atoms with Crippen LogP contribution in [0.25, 0.3) is 0 Å². The molecule has 0 radical (unpaired) electrons. The van der Waals surface area contributed by atoms with Gasteiger partial charge in [-0.15, -0.1) is 0 Å². The molecule has 18 heavy (non-hydrogen) atoms. The Morgan fingerprint density at radius 2 is 2.28 bits per heavy atom. The Morgan fingerprint density at radius 1 is 1.61 bits per heavy atom. The summed E-state index contributed by atoms with van der Waals surface area (Å²) in [7, 11) is 1.53. The first-order valence-electron chi connectivity index (χ1n) is 5.38. The number of carbonyl (C=O) groups excluding carboxylic acids is 1. The molecule has 0 bridgehead atoms. The summed E-state index contributed by atoms with van der Waals surface area (Å²) in [6.07, 6.45) is 1.95. The van der Waals surface area contributed by atoms with Crippen molar-refractivity contribution in [2.75, 3.05) is 7.05 Å². The van der Waals surface area contributed by atoms with Crippen molar-refractivity contribution in [1.82, 2.24) is 14.8 Å². The van der Waals surface area contributed by atoms with E-state index in [9.17, 15) is 9.59 Å². The molecule has 1 atom stereocenters. The van der Waals surface area contributed by atoms with Crippen molar-refractivity contribution in [1.29, 1.82) is 5.41 Å². The van der Waals surface area contributed by atoms with E-state index in [4.69, 9.17) is 10.5 Å². The molecule has 1 aromatic rings. The molecule has 0 aliphatic carbocycles. The molecule has 2 heterocycles. The van der Waals surface area contributed by atoms with E-state index in [1.165, 1.54) is 24.3 Å². The molecular formula is C11H14N4O3. The number of carbonyl (C=O) groups is 2. The fraction of sp³-hybridized carbons (Fsp3) is 0.364. The summed E-state index contributed by atoms with van der Waals surface area (Å²) in [5.74, 6) is -0.166. The standard InChI is InChI=1S/C11H14N4O3/c1-11(5-8(16)14(2)9(12)13-11)7-3-4-15(6-7)10(17)18/h3-4,6H,5H2,1-2H3,(H2,12,13)(H,17,18). The first-order chi connectivity index (χ1) is 8.33. The maximum atomic E-state index is 11.8. The average molecular weight is 250 g/mol. The van der Waals surface area contributed by atoms with Crippen LogP contribution in [-0.4, -0.2) is 39.6 Å². The summed E-state index contributed by atoms with van der Waals surface area (Å²) < 4.78 is 1.02. The van der Waals surface area contributed by atoms with Crippen LogP contribution in [0, 0.1) is 5.41 Å². The highest BCUT2D eigenvalue weighted by Crippen LogP contribution is 2.28. The average Bonchev–Trinajstić information content (AvgIpc) is 2.75. The van der Waals surface area contributed by atoms with E-state index in [0.717, 1.165) is 4.57 Å². The van der Waals surface area contributed by atoms with Crippen LogP contribution in [-0.2, 0) is 10.3 Å². The first kappa shape index (κ1) is 12.2. The highest BCUT2D eigenvalue weighted by atomic mass is 16.4. The number of nitrogens with one attached hydrogen (secondary N) is 2. The molecule has 1 fully saturated rings. The van der Waals surface area contributed by atoms with E-state index in [0.29, 0.717) is 5.56 Å². The van der Waals surface area contributed by atoms with E-state index in [2.05, 4.69) is 5.32 Å². The van der Waals surface area contributed by atoms with Crippen molar-refractivity contribution in [3.8, 4) is 0 Å². The molecule has 7 nitrogen and oxygen atoms in total. The number of nitrogens with zero attached hydrogens (tertiary/aromatic N) is 2. The van der Waals surface area contributed by atoms with Crippen molar-refractivity contribution in [3.63, 3.8) is 0 Å². The molecule has 1 aliphatic rings. The third-order valence-corrected chi connectivity index (χ3v) is 3.16. The summed E-state index contributed by atoms with van der Waals surface area (Å²) in [5, 5.41) is 19.5. The van der Waals surface area contributed by atoms with Crippen LogP contribution >= 0.6 is 0 Å². The minimum Gasteiger partial charge on any atom is -0.464 e.